The van der Waals surface area contributed by atoms with Crippen molar-refractivity contribution in [2.75, 3.05) is 27.2 Å². The Balaban J connectivity index is 2.04. The highest BCUT2D eigenvalue weighted by atomic mass is 16.2. The summed E-state index contributed by atoms with van der Waals surface area (Å²) in [6.07, 6.45) is 3.06. The average molecular weight is 346 g/mol. The Morgan fingerprint density at radius 1 is 1.36 bits per heavy atom. The summed E-state index contributed by atoms with van der Waals surface area (Å²) in [6, 6.07) is 5.97. The van der Waals surface area contributed by atoms with Crippen molar-refractivity contribution in [3.05, 3.63) is 29.6 Å². The third kappa shape index (κ3) is 5.26. The van der Waals surface area contributed by atoms with E-state index in [-0.39, 0.29) is 17.7 Å². The van der Waals surface area contributed by atoms with Gasteiger partial charge in [-0.1, -0.05) is 6.07 Å². The van der Waals surface area contributed by atoms with E-state index in [9.17, 15) is 9.59 Å². The van der Waals surface area contributed by atoms with Crippen LogP contribution in [-0.2, 0) is 16.0 Å². The van der Waals surface area contributed by atoms with E-state index < -0.39 is 5.54 Å². The fraction of sp³-hybridized carbons (Fsp3) is 0.632. The Kier molecular flexibility index (Phi) is 6.16. The molecule has 2 N–H and O–H groups in total. The van der Waals surface area contributed by atoms with Crippen molar-refractivity contribution in [2.45, 2.75) is 51.0 Å². The van der Waals surface area contributed by atoms with Crippen molar-refractivity contribution in [1.29, 1.82) is 0 Å². The predicted octanol–water partition coefficient (Wildman–Crippen LogP) is 1.55. The first-order chi connectivity index (χ1) is 11.7. The highest BCUT2D eigenvalue weighted by Crippen LogP contribution is 2.27. The van der Waals surface area contributed by atoms with Crippen molar-refractivity contribution < 1.29 is 9.59 Å². The Hall–Kier alpha value is -1.95. The molecule has 6 heteroatoms. The summed E-state index contributed by atoms with van der Waals surface area (Å²) in [7, 11) is 3.53. The van der Waals surface area contributed by atoms with Crippen molar-refractivity contribution >= 4 is 11.8 Å². The van der Waals surface area contributed by atoms with Crippen LogP contribution in [0.5, 0.6) is 0 Å². The number of hydrogen-bond donors (Lipinski definition) is 1. The molecule has 0 aromatic carbocycles. The molecule has 6 nitrogen and oxygen atoms in total. The molecule has 0 saturated carbocycles. The van der Waals surface area contributed by atoms with Gasteiger partial charge in [-0.15, -0.1) is 0 Å². The summed E-state index contributed by atoms with van der Waals surface area (Å²) in [6.45, 7) is 4.92. The lowest BCUT2D eigenvalue weighted by atomic mass is 9.92. The van der Waals surface area contributed by atoms with Gasteiger partial charge in [-0.25, -0.2) is 0 Å². The maximum Gasteiger partial charge on any atom is 0.242 e. The Labute approximate surface area is 150 Å². The molecule has 2 rings (SSSR count). The van der Waals surface area contributed by atoms with Crippen LogP contribution in [-0.4, -0.2) is 59.3 Å². The Morgan fingerprint density at radius 3 is 2.72 bits per heavy atom. The number of carbonyl (C=O) groups excluding carboxylic acids is 2. The zero-order chi connectivity index (χ0) is 18.6. The van der Waals surface area contributed by atoms with Crippen LogP contribution in [0, 0.1) is 0 Å². The summed E-state index contributed by atoms with van der Waals surface area (Å²) in [4.78, 5) is 32.4. The second kappa shape index (κ2) is 7.95. The first-order valence-corrected chi connectivity index (χ1v) is 8.92. The molecular weight excluding hydrogens is 316 g/mol. The number of aryl methyl sites for hydroxylation is 1. The number of nitrogens with zero attached hydrogens (tertiary/aromatic N) is 3. The first kappa shape index (κ1) is 19.4. The van der Waals surface area contributed by atoms with Gasteiger partial charge in [0.05, 0.1) is 5.54 Å². The fourth-order valence-electron chi connectivity index (χ4n) is 3.13. The number of aromatic nitrogens is 1. The fourth-order valence-corrected chi connectivity index (χ4v) is 3.13. The van der Waals surface area contributed by atoms with E-state index in [1.54, 1.807) is 32.8 Å². The highest BCUT2D eigenvalue weighted by Gasteiger charge is 2.32. The number of likely N-dealkylation sites (tertiary alicyclic amines) is 1. The van der Waals surface area contributed by atoms with Crippen LogP contribution >= 0.6 is 0 Å². The minimum atomic E-state index is -0.844. The van der Waals surface area contributed by atoms with Gasteiger partial charge >= 0.3 is 0 Å². The molecule has 25 heavy (non-hydrogen) atoms. The number of piperidine rings is 1. The zero-order valence-corrected chi connectivity index (χ0v) is 15.8. The maximum atomic E-state index is 12.4. The van der Waals surface area contributed by atoms with Crippen molar-refractivity contribution in [2.24, 2.45) is 5.73 Å². The number of nitrogens with two attached hydrogens (primary N) is 1. The van der Waals surface area contributed by atoms with Gasteiger partial charge in [-0.05, 0) is 45.2 Å². The lowest BCUT2D eigenvalue weighted by Gasteiger charge is -2.36. The van der Waals surface area contributed by atoms with Crippen molar-refractivity contribution in [3.8, 4) is 0 Å². The monoisotopic (exact) mass is 346 g/mol. The van der Waals surface area contributed by atoms with E-state index in [0.29, 0.717) is 19.4 Å². The molecule has 2 heterocycles. The van der Waals surface area contributed by atoms with Crippen LogP contribution in [0.15, 0.2) is 18.2 Å². The van der Waals surface area contributed by atoms with E-state index in [1.807, 2.05) is 23.1 Å². The lowest BCUT2D eigenvalue weighted by Crippen LogP contribution is -2.53. The number of rotatable bonds is 5. The van der Waals surface area contributed by atoms with Crippen LogP contribution in [0.4, 0.5) is 0 Å². The zero-order valence-electron chi connectivity index (χ0n) is 15.8. The molecule has 1 aliphatic heterocycles. The Bertz CT molecular complexity index is 622. The molecule has 1 atom stereocenters. The molecule has 1 unspecified atom stereocenters. The molecule has 1 fully saturated rings. The molecule has 0 radical (unpaired) electrons. The van der Waals surface area contributed by atoms with Gasteiger partial charge in [0, 0.05) is 50.9 Å². The number of amides is 2. The largest absolute Gasteiger partial charge is 0.349 e. The van der Waals surface area contributed by atoms with Crippen LogP contribution in [0.25, 0.3) is 0 Å². The molecule has 0 aliphatic carbocycles. The molecular formula is C19H30N4O2. The number of carbonyl (C=O) groups is 2. The third-order valence-corrected chi connectivity index (χ3v) is 4.60. The van der Waals surface area contributed by atoms with Gasteiger partial charge < -0.3 is 15.5 Å². The number of hydrogen-bond acceptors (Lipinski definition) is 4. The van der Waals surface area contributed by atoms with Gasteiger partial charge in [0.15, 0.2) is 0 Å². The second-order valence-corrected chi connectivity index (χ2v) is 7.65. The van der Waals surface area contributed by atoms with Gasteiger partial charge in [0.2, 0.25) is 11.8 Å². The highest BCUT2D eigenvalue weighted by molar-refractivity contribution is 5.85. The minimum absolute atomic E-state index is 0.00932. The van der Waals surface area contributed by atoms with Crippen LogP contribution in [0.3, 0.4) is 0 Å². The SMILES string of the molecule is CN(C)C(=O)CCc1cccc(C2CCCN(C(=O)C(C)(C)N)C2)n1. The summed E-state index contributed by atoms with van der Waals surface area (Å²) in [5, 5.41) is 0. The summed E-state index contributed by atoms with van der Waals surface area (Å²) >= 11 is 0. The van der Waals surface area contributed by atoms with Crippen molar-refractivity contribution in [1.82, 2.24) is 14.8 Å². The number of pyridine rings is 1. The summed E-state index contributed by atoms with van der Waals surface area (Å²) < 4.78 is 0. The topological polar surface area (TPSA) is 79.5 Å². The van der Waals surface area contributed by atoms with E-state index in [1.165, 1.54) is 0 Å². The molecule has 1 aromatic rings. The normalized spacial score (nSPS) is 18.1. The van der Waals surface area contributed by atoms with Gasteiger partial charge in [-0.3, -0.25) is 14.6 Å². The molecule has 0 spiro atoms. The van der Waals surface area contributed by atoms with Crippen molar-refractivity contribution in [3.63, 3.8) is 0 Å². The molecule has 0 bridgehead atoms. The maximum absolute atomic E-state index is 12.4. The molecule has 1 aliphatic rings. The quantitative estimate of drug-likeness (QED) is 0.877. The smallest absolute Gasteiger partial charge is 0.242 e. The minimum Gasteiger partial charge on any atom is -0.349 e. The van der Waals surface area contributed by atoms with E-state index in [2.05, 4.69) is 0 Å². The molecule has 2 amide bonds. The molecule has 1 saturated heterocycles. The third-order valence-electron chi connectivity index (χ3n) is 4.60. The van der Waals surface area contributed by atoms with Crippen LogP contribution in [0.1, 0.15) is 50.4 Å². The average Bonchev–Trinajstić information content (AvgIpc) is 2.58. The van der Waals surface area contributed by atoms with Crippen LogP contribution < -0.4 is 5.73 Å². The molecule has 138 valence electrons. The van der Waals surface area contributed by atoms with E-state index >= 15 is 0 Å². The first-order valence-electron chi connectivity index (χ1n) is 8.92. The van der Waals surface area contributed by atoms with Gasteiger partial charge in [0.25, 0.3) is 0 Å². The van der Waals surface area contributed by atoms with E-state index in [0.717, 1.165) is 30.8 Å². The summed E-state index contributed by atoms with van der Waals surface area (Å²) in [5.74, 6) is 0.321. The van der Waals surface area contributed by atoms with Gasteiger partial charge in [-0.2, -0.15) is 0 Å². The lowest BCUT2D eigenvalue weighted by molar-refractivity contribution is -0.137. The van der Waals surface area contributed by atoms with Gasteiger partial charge in [0.1, 0.15) is 0 Å². The predicted molar refractivity (Wildman–Crippen MR) is 98.1 cm³/mol. The molecule has 1 aromatic heterocycles. The standard InChI is InChI=1S/C19H30N4O2/c1-19(2,20)18(25)23-12-6-7-14(13-23)16-9-5-8-15(21-16)10-11-17(24)22(3)4/h5,8-9,14H,6-7,10-13,20H2,1-4H3. The second-order valence-electron chi connectivity index (χ2n) is 7.65. The van der Waals surface area contributed by atoms with Crippen LogP contribution in [0.2, 0.25) is 0 Å². The Morgan fingerprint density at radius 2 is 2.08 bits per heavy atom. The summed E-state index contributed by atoms with van der Waals surface area (Å²) in [5.41, 5.74) is 7.05. The van der Waals surface area contributed by atoms with E-state index in [4.69, 9.17) is 10.7 Å².